The van der Waals surface area contributed by atoms with E-state index in [1.54, 1.807) is 0 Å². The van der Waals surface area contributed by atoms with Crippen molar-refractivity contribution in [3.8, 4) is 0 Å². The van der Waals surface area contributed by atoms with Gasteiger partial charge in [0.1, 0.15) is 0 Å². The van der Waals surface area contributed by atoms with Gasteiger partial charge in [-0.1, -0.05) is 19.9 Å². The lowest BCUT2D eigenvalue weighted by atomic mass is 9.74. The highest BCUT2D eigenvalue weighted by molar-refractivity contribution is 6.03. The average molecular weight is 451 g/mol. The van der Waals surface area contributed by atoms with Crippen molar-refractivity contribution in [2.75, 3.05) is 19.8 Å². The number of fused-ring (bicyclic) bond motifs is 1. The summed E-state index contributed by atoms with van der Waals surface area (Å²) in [4.78, 5) is 32.7. The molecule has 5 nitrogen and oxygen atoms in total. The number of rotatable bonds is 3. The zero-order chi connectivity index (χ0) is 23.1. The second-order valence-electron chi connectivity index (χ2n) is 9.48. The van der Waals surface area contributed by atoms with Crippen LogP contribution in [0, 0.1) is 11.3 Å². The molecule has 0 radical (unpaired) electrons. The van der Waals surface area contributed by atoms with E-state index in [0.29, 0.717) is 26.1 Å². The lowest BCUT2D eigenvalue weighted by Gasteiger charge is -2.38. The largest absolute Gasteiger partial charge is 0.416 e. The third kappa shape index (κ3) is 4.34. The van der Waals surface area contributed by atoms with E-state index < -0.39 is 17.2 Å². The number of carbonyl (C=O) groups is 2. The molecule has 2 fully saturated rings. The van der Waals surface area contributed by atoms with Crippen LogP contribution in [0.25, 0.3) is 0 Å². The molecule has 0 bridgehead atoms. The molecule has 4 rings (SSSR count). The summed E-state index contributed by atoms with van der Waals surface area (Å²) in [6.45, 7) is 5.31. The van der Waals surface area contributed by atoms with Gasteiger partial charge < -0.3 is 9.64 Å². The van der Waals surface area contributed by atoms with E-state index in [0.717, 1.165) is 37.1 Å². The fourth-order valence-electron chi connectivity index (χ4n) is 5.16. The molecule has 1 amide bonds. The number of Topliss-reactive ketones (excluding diaryl/α,β-unsaturated/α-hetero) is 1. The number of alkyl halides is 3. The molecule has 1 saturated heterocycles. The lowest BCUT2D eigenvalue weighted by Crippen LogP contribution is -2.49. The molecule has 1 aromatic rings. The Hall–Kier alpha value is -2.22. The first kappa shape index (κ1) is 23.0. The zero-order valence-electron chi connectivity index (χ0n) is 18.5. The summed E-state index contributed by atoms with van der Waals surface area (Å²) in [6, 6.07) is 3.39. The van der Waals surface area contributed by atoms with Gasteiger partial charge in [0.25, 0.3) is 0 Å². The van der Waals surface area contributed by atoms with E-state index in [4.69, 9.17) is 9.73 Å². The van der Waals surface area contributed by atoms with Gasteiger partial charge in [-0.3, -0.25) is 14.6 Å². The normalized spacial score (nSPS) is 26.1. The van der Waals surface area contributed by atoms with Crippen LogP contribution in [0.4, 0.5) is 13.2 Å². The first-order valence-electron chi connectivity index (χ1n) is 11.3. The summed E-state index contributed by atoms with van der Waals surface area (Å²) in [5, 5.41) is 0. The van der Waals surface area contributed by atoms with E-state index in [2.05, 4.69) is 0 Å². The van der Waals surface area contributed by atoms with E-state index in [1.807, 2.05) is 13.8 Å². The highest BCUT2D eigenvalue weighted by Gasteiger charge is 2.49. The highest BCUT2D eigenvalue weighted by Crippen LogP contribution is 2.46. The minimum absolute atomic E-state index is 0.0186. The van der Waals surface area contributed by atoms with Gasteiger partial charge in [0.15, 0.2) is 5.78 Å². The van der Waals surface area contributed by atoms with Crippen molar-refractivity contribution in [3.05, 3.63) is 34.9 Å². The Kier molecular flexibility index (Phi) is 6.18. The summed E-state index contributed by atoms with van der Waals surface area (Å²) in [5.74, 6) is -0.446. The summed E-state index contributed by atoms with van der Waals surface area (Å²) >= 11 is 0. The molecule has 1 saturated carbocycles. The van der Waals surface area contributed by atoms with Crippen molar-refractivity contribution >= 4 is 17.4 Å². The van der Waals surface area contributed by atoms with Crippen LogP contribution in [-0.4, -0.2) is 48.1 Å². The number of hydrogen-bond donors (Lipinski definition) is 0. The number of halogens is 3. The third-order valence-corrected chi connectivity index (χ3v) is 7.18. The molecule has 32 heavy (non-hydrogen) atoms. The third-order valence-electron chi connectivity index (χ3n) is 7.18. The van der Waals surface area contributed by atoms with Crippen molar-refractivity contribution in [2.24, 2.45) is 16.3 Å². The quantitative estimate of drug-likeness (QED) is 0.672. The zero-order valence-corrected chi connectivity index (χ0v) is 18.5. The summed E-state index contributed by atoms with van der Waals surface area (Å²) in [7, 11) is 0. The maximum absolute atomic E-state index is 13.7. The van der Waals surface area contributed by atoms with Crippen LogP contribution >= 0.6 is 0 Å². The van der Waals surface area contributed by atoms with E-state index in [-0.39, 0.29) is 47.9 Å². The van der Waals surface area contributed by atoms with Crippen LogP contribution in [0.15, 0.2) is 23.2 Å². The Bertz CT molecular complexity index is 935. The molecule has 0 N–H and O–H groups in total. The van der Waals surface area contributed by atoms with Gasteiger partial charge in [-0.05, 0) is 55.7 Å². The number of nitrogens with zero attached hydrogens (tertiary/aromatic N) is 2. The van der Waals surface area contributed by atoms with Gasteiger partial charge in [0.2, 0.25) is 5.91 Å². The molecule has 0 aromatic heterocycles. The van der Waals surface area contributed by atoms with Gasteiger partial charge in [0.05, 0.1) is 23.6 Å². The average Bonchev–Trinajstić information content (AvgIpc) is 3.18. The Balaban J connectivity index is 1.57. The summed E-state index contributed by atoms with van der Waals surface area (Å²) in [6.07, 6.45) is -0.814. The van der Waals surface area contributed by atoms with Crippen LogP contribution < -0.4 is 0 Å². The molecular formula is C24H29F3N2O3. The smallest absolute Gasteiger partial charge is 0.381 e. The van der Waals surface area contributed by atoms with Gasteiger partial charge in [-0.25, -0.2) is 0 Å². The van der Waals surface area contributed by atoms with Crippen molar-refractivity contribution in [3.63, 3.8) is 0 Å². The second-order valence-corrected chi connectivity index (χ2v) is 9.48. The SMILES string of the molecule is CC(C)[C@]1(C(=O)N2CC(=O)c3ccc(C(F)(F)F)cc3C2)CCC(=NC2CCOCC2)C1. The number of hydrogen-bond acceptors (Lipinski definition) is 4. The first-order valence-corrected chi connectivity index (χ1v) is 11.3. The Labute approximate surface area is 186 Å². The molecule has 3 aliphatic rings. The second kappa shape index (κ2) is 8.61. The van der Waals surface area contributed by atoms with Gasteiger partial charge in [0, 0.05) is 31.0 Å². The number of ketones is 1. The maximum atomic E-state index is 13.7. The topological polar surface area (TPSA) is 59.0 Å². The van der Waals surface area contributed by atoms with Crippen LogP contribution in [-0.2, 0) is 22.3 Å². The molecule has 2 heterocycles. The fourth-order valence-corrected chi connectivity index (χ4v) is 5.16. The number of aliphatic imine (C=N–C) groups is 1. The Morgan fingerprint density at radius 2 is 1.94 bits per heavy atom. The standard InChI is InChI=1S/C24H29F3N2O3/c1-15(2)23(8-5-19(12-23)28-18-6-9-32-10-7-18)22(31)29-13-16-11-17(24(25,26)27)3-4-20(16)21(30)14-29/h3-4,11,15,18H,5-10,12-14H2,1-2H3/t23-/m0/s1. The van der Waals surface area contributed by atoms with Crippen molar-refractivity contribution in [1.29, 1.82) is 0 Å². The first-order chi connectivity index (χ1) is 15.1. The van der Waals surface area contributed by atoms with Crippen LogP contribution in [0.5, 0.6) is 0 Å². The predicted octanol–water partition coefficient (Wildman–Crippen LogP) is 4.68. The van der Waals surface area contributed by atoms with Gasteiger partial charge in [-0.15, -0.1) is 0 Å². The number of carbonyl (C=O) groups excluding carboxylic acids is 2. The number of amides is 1. The molecule has 0 spiro atoms. The van der Waals surface area contributed by atoms with Crippen LogP contribution in [0.2, 0.25) is 0 Å². The monoisotopic (exact) mass is 450 g/mol. The number of benzene rings is 1. The Morgan fingerprint density at radius 1 is 1.22 bits per heavy atom. The van der Waals surface area contributed by atoms with Gasteiger partial charge >= 0.3 is 6.18 Å². The molecule has 1 aromatic carbocycles. The molecule has 1 aliphatic carbocycles. The van der Waals surface area contributed by atoms with Crippen molar-refractivity contribution in [2.45, 2.75) is 64.7 Å². The van der Waals surface area contributed by atoms with E-state index in [1.165, 1.54) is 11.0 Å². The lowest BCUT2D eigenvalue weighted by molar-refractivity contribution is -0.144. The van der Waals surface area contributed by atoms with Crippen molar-refractivity contribution in [1.82, 2.24) is 4.90 Å². The fraction of sp³-hybridized carbons (Fsp3) is 0.625. The van der Waals surface area contributed by atoms with E-state index in [9.17, 15) is 22.8 Å². The summed E-state index contributed by atoms with van der Waals surface area (Å²) < 4.78 is 44.9. The molecule has 0 unspecified atom stereocenters. The molecular weight excluding hydrogens is 421 g/mol. The predicted molar refractivity (Wildman–Crippen MR) is 114 cm³/mol. The highest BCUT2D eigenvalue weighted by atomic mass is 19.4. The molecule has 8 heteroatoms. The minimum Gasteiger partial charge on any atom is -0.381 e. The van der Waals surface area contributed by atoms with Crippen LogP contribution in [0.3, 0.4) is 0 Å². The van der Waals surface area contributed by atoms with E-state index >= 15 is 0 Å². The number of ether oxygens (including phenoxy) is 1. The molecule has 174 valence electrons. The summed E-state index contributed by atoms with van der Waals surface area (Å²) in [5.41, 5.74) is 0.0839. The van der Waals surface area contributed by atoms with Gasteiger partial charge in [-0.2, -0.15) is 13.2 Å². The van der Waals surface area contributed by atoms with Crippen LogP contribution in [0.1, 0.15) is 67.4 Å². The minimum atomic E-state index is -4.50. The maximum Gasteiger partial charge on any atom is 0.416 e. The Morgan fingerprint density at radius 3 is 2.59 bits per heavy atom. The molecule has 2 aliphatic heterocycles. The van der Waals surface area contributed by atoms with Crippen molar-refractivity contribution < 1.29 is 27.5 Å². The molecule has 1 atom stereocenters.